The number of carbonyl (C=O) groups excluding carboxylic acids is 1. The highest BCUT2D eigenvalue weighted by molar-refractivity contribution is 5.91. The summed E-state index contributed by atoms with van der Waals surface area (Å²) in [6.07, 6.45) is 3.08. The molecule has 0 unspecified atom stereocenters. The molecule has 2 fully saturated rings. The minimum absolute atomic E-state index is 0.114. The highest BCUT2D eigenvalue weighted by atomic mass is 19.1. The maximum absolute atomic E-state index is 13.3. The van der Waals surface area contributed by atoms with Crippen LogP contribution in [0.5, 0.6) is 0 Å². The van der Waals surface area contributed by atoms with Gasteiger partial charge in [-0.25, -0.2) is 9.37 Å². The standard InChI is InChI=1S/C24H25FN4O3/c25-18-3-1-17(2-4-18)24(7-8-24)23(32)28-11-9-27(10-12-28)19-5-6-20-21(15-19)26-16-29(13-14-30)22(20)31/h1-6,15-16,30H,7-14H2. The Labute approximate surface area is 184 Å². The fraction of sp³-hybridized carbons (Fsp3) is 0.375. The van der Waals surface area contributed by atoms with Crippen LogP contribution in [0.25, 0.3) is 10.9 Å². The van der Waals surface area contributed by atoms with Crippen LogP contribution in [0.3, 0.4) is 0 Å². The number of amides is 1. The largest absolute Gasteiger partial charge is 0.395 e. The molecular formula is C24H25FN4O3. The highest BCUT2D eigenvalue weighted by Crippen LogP contribution is 2.49. The first-order chi connectivity index (χ1) is 15.5. The fourth-order valence-corrected chi connectivity index (χ4v) is 4.60. The molecule has 1 aromatic heterocycles. The normalized spacial score (nSPS) is 17.6. The van der Waals surface area contributed by atoms with E-state index in [-0.39, 0.29) is 30.4 Å². The summed E-state index contributed by atoms with van der Waals surface area (Å²) in [5, 5.41) is 9.61. The molecule has 0 bridgehead atoms. The Morgan fingerprint density at radius 3 is 2.44 bits per heavy atom. The molecule has 2 heterocycles. The van der Waals surface area contributed by atoms with E-state index in [2.05, 4.69) is 9.88 Å². The van der Waals surface area contributed by atoms with Crippen molar-refractivity contribution in [2.24, 2.45) is 0 Å². The molecule has 7 nitrogen and oxygen atoms in total. The Bertz CT molecular complexity index is 1210. The molecular weight excluding hydrogens is 411 g/mol. The monoisotopic (exact) mass is 436 g/mol. The Morgan fingerprint density at radius 1 is 1.06 bits per heavy atom. The van der Waals surface area contributed by atoms with Crippen LogP contribution < -0.4 is 10.5 Å². The predicted molar refractivity (Wildman–Crippen MR) is 119 cm³/mol. The Kier molecular flexibility index (Phi) is 5.17. The van der Waals surface area contributed by atoms with E-state index in [4.69, 9.17) is 5.11 Å². The van der Waals surface area contributed by atoms with Gasteiger partial charge < -0.3 is 14.9 Å². The van der Waals surface area contributed by atoms with Crippen LogP contribution in [0.2, 0.25) is 0 Å². The van der Waals surface area contributed by atoms with Crippen molar-refractivity contribution >= 4 is 22.5 Å². The van der Waals surface area contributed by atoms with Crippen molar-refractivity contribution in [1.82, 2.24) is 14.5 Å². The molecule has 1 aliphatic carbocycles. The maximum Gasteiger partial charge on any atom is 0.261 e. The first-order valence-corrected chi connectivity index (χ1v) is 10.9. The molecule has 1 saturated heterocycles. The van der Waals surface area contributed by atoms with Crippen LogP contribution in [0, 0.1) is 5.82 Å². The number of aliphatic hydroxyl groups is 1. The van der Waals surface area contributed by atoms with E-state index in [0.29, 0.717) is 37.1 Å². The quantitative estimate of drug-likeness (QED) is 0.661. The number of carbonyl (C=O) groups is 1. The lowest BCUT2D eigenvalue weighted by molar-refractivity contribution is -0.134. The van der Waals surface area contributed by atoms with Crippen molar-refractivity contribution in [3.05, 3.63) is 70.5 Å². The van der Waals surface area contributed by atoms with Gasteiger partial charge in [-0.15, -0.1) is 0 Å². The number of piperazine rings is 1. The second kappa shape index (κ2) is 8.02. The van der Waals surface area contributed by atoms with Gasteiger partial charge in [0.1, 0.15) is 5.82 Å². The van der Waals surface area contributed by atoms with Crippen molar-refractivity contribution in [1.29, 1.82) is 0 Å². The number of fused-ring (bicyclic) bond motifs is 1. The smallest absolute Gasteiger partial charge is 0.261 e. The van der Waals surface area contributed by atoms with Crippen LogP contribution >= 0.6 is 0 Å². The van der Waals surface area contributed by atoms with Crippen molar-refractivity contribution in [3.63, 3.8) is 0 Å². The molecule has 0 radical (unpaired) electrons. The SMILES string of the molecule is O=C(N1CCN(c2ccc3c(=O)n(CCO)cnc3c2)CC1)C1(c2ccc(F)cc2)CC1. The third kappa shape index (κ3) is 3.54. The number of hydrogen-bond acceptors (Lipinski definition) is 5. The van der Waals surface area contributed by atoms with Gasteiger partial charge in [0.2, 0.25) is 5.91 Å². The van der Waals surface area contributed by atoms with Gasteiger partial charge in [0.15, 0.2) is 0 Å². The zero-order valence-electron chi connectivity index (χ0n) is 17.7. The van der Waals surface area contributed by atoms with Gasteiger partial charge in [0.25, 0.3) is 5.56 Å². The molecule has 0 spiro atoms. The minimum atomic E-state index is -0.489. The molecule has 1 N–H and O–H groups in total. The molecule has 2 aromatic carbocycles. The van der Waals surface area contributed by atoms with Crippen molar-refractivity contribution < 1.29 is 14.3 Å². The third-order valence-corrected chi connectivity index (χ3v) is 6.64. The van der Waals surface area contributed by atoms with Gasteiger partial charge in [0, 0.05) is 31.9 Å². The average molecular weight is 436 g/mol. The minimum Gasteiger partial charge on any atom is -0.395 e. The number of hydrogen-bond donors (Lipinski definition) is 1. The molecule has 166 valence electrons. The second-order valence-corrected chi connectivity index (χ2v) is 8.54. The number of rotatable bonds is 5. The molecule has 1 aliphatic heterocycles. The molecule has 0 atom stereocenters. The summed E-state index contributed by atoms with van der Waals surface area (Å²) in [5.74, 6) is -0.156. The predicted octanol–water partition coefficient (Wildman–Crippen LogP) is 1.91. The summed E-state index contributed by atoms with van der Waals surface area (Å²) in [7, 11) is 0. The lowest BCUT2D eigenvalue weighted by Gasteiger charge is -2.38. The van der Waals surface area contributed by atoms with Crippen molar-refractivity contribution in [2.45, 2.75) is 24.8 Å². The number of nitrogens with zero attached hydrogens (tertiary/aromatic N) is 4. The van der Waals surface area contributed by atoms with E-state index in [1.165, 1.54) is 23.0 Å². The third-order valence-electron chi connectivity index (χ3n) is 6.64. The number of anilines is 1. The molecule has 2 aliphatic rings. The Balaban J connectivity index is 1.29. The van der Waals surface area contributed by atoms with E-state index in [1.807, 2.05) is 17.0 Å². The summed E-state index contributed by atoms with van der Waals surface area (Å²) in [6.45, 7) is 2.73. The molecule has 3 aromatic rings. The van der Waals surface area contributed by atoms with Crippen LogP contribution in [0.1, 0.15) is 18.4 Å². The molecule has 32 heavy (non-hydrogen) atoms. The first kappa shape index (κ1) is 20.6. The summed E-state index contributed by atoms with van der Waals surface area (Å²) >= 11 is 0. The molecule has 1 saturated carbocycles. The van der Waals surface area contributed by atoms with E-state index in [1.54, 1.807) is 18.2 Å². The van der Waals surface area contributed by atoms with Crippen molar-refractivity contribution in [3.8, 4) is 0 Å². The fourth-order valence-electron chi connectivity index (χ4n) is 4.60. The van der Waals surface area contributed by atoms with Gasteiger partial charge in [-0.1, -0.05) is 12.1 Å². The van der Waals surface area contributed by atoms with E-state index in [9.17, 15) is 14.0 Å². The zero-order valence-corrected chi connectivity index (χ0v) is 17.7. The van der Waals surface area contributed by atoms with Crippen LogP contribution in [0.15, 0.2) is 53.6 Å². The number of aliphatic hydroxyl groups excluding tert-OH is 1. The zero-order chi connectivity index (χ0) is 22.3. The summed E-state index contributed by atoms with van der Waals surface area (Å²) < 4.78 is 14.7. The van der Waals surface area contributed by atoms with E-state index in [0.717, 1.165) is 24.1 Å². The van der Waals surface area contributed by atoms with Crippen LogP contribution in [-0.4, -0.2) is 58.3 Å². The Hall–Kier alpha value is -3.26. The van der Waals surface area contributed by atoms with Gasteiger partial charge >= 0.3 is 0 Å². The van der Waals surface area contributed by atoms with Gasteiger partial charge in [0.05, 0.1) is 35.8 Å². The number of aromatic nitrogens is 2. The first-order valence-electron chi connectivity index (χ1n) is 10.9. The number of benzene rings is 2. The van der Waals surface area contributed by atoms with E-state index >= 15 is 0 Å². The average Bonchev–Trinajstić information content (AvgIpc) is 3.63. The van der Waals surface area contributed by atoms with Gasteiger partial charge in [-0.3, -0.25) is 14.2 Å². The lowest BCUT2D eigenvalue weighted by atomic mass is 9.94. The maximum atomic E-state index is 13.3. The summed E-state index contributed by atoms with van der Waals surface area (Å²) in [6, 6.07) is 11.9. The van der Waals surface area contributed by atoms with Crippen LogP contribution in [-0.2, 0) is 16.8 Å². The molecule has 8 heteroatoms. The van der Waals surface area contributed by atoms with Crippen LogP contribution in [0.4, 0.5) is 10.1 Å². The topological polar surface area (TPSA) is 78.7 Å². The van der Waals surface area contributed by atoms with E-state index < -0.39 is 5.41 Å². The number of halogens is 1. The highest BCUT2D eigenvalue weighted by Gasteiger charge is 2.53. The molecule has 1 amide bonds. The van der Waals surface area contributed by atoms with Crippen molar-refractivity contribution in [2.75, 3.05) is 37.7 Å². The molecule has 5 rings (SSSR count). The van der Waals surface area contributed by atoms with Gasteiger partial charge in [-0.2, -0.15) is 0 Å². The summed E-state index contributed by atoms with van der Waals surface area (Å²) in [5.41, 5.74) is 1.84. The second-order valence-electron chi connectivity index (χ2n) is 8.54. The lowest BCUT2D eigenvalue weighted by Crippen LogP contribution is -2.51. The van der Waals surface area contributed by atoms with Gasteiger partial charge in [-0.05, 0) is 48.7 Å². The summed E-state index contributed by atoms with van der Waals surface area (Å²) in [4.78, 5) is 34.2. The Morgan fingerprint density at radius 2 is 1.78 bits per heavy atom.